The molecule has 2 rings (SSSR count). The van der Waals surface area contributed by atoms with Crippen LogP contribution in [-0.2, 0) is 0 Å². The fraction of sp³-hybridized carbons (Fsp3) is 0.667. The highest BCUT2D eigenvalue weighted by atomic mass is 16.3. The molecule has 112 valence electrons. The Morgan fingerprint density at radius 1 is 1.10 bits per heavy atom. The number of rotatable bonds is 4. The van der Waals surface area contributed by atoms with Gasteiger partial charge in [-0.15, -0.1) is 0 Å². The molecule has 0 amide bonds. The number of benzene rings is 1. The predicted octanol–water partition coefficient (Wildman–Crippen LogP) is 4.65. The van der Waals surface area contributed by atoms with Crippen molar-refractivity contribution >= 4 is 0 Å². The summed E-state index contributed by atoms with van der Waals surface area (Å²) in [6.07, 6.45) is 6.64. The van der Waals surface area contributed by atoms with Gasteiger partial charge in [0.2, 0.25) is 0 Å². The maximum Gasteiger partial charge on any atom is 0.115 e. The van der Waals surface area contributed by atoms with Gasteiger partial charge in [-0.05, 0) is 55.7 Å². The van der Waals surface area contributed by atoms with Gasteiger partial charge in [-0.1, -0.05) is 38.8 Å². The topological polar surface area (TPSA) is 32.3 Å². The molecule has 1 aromatic carbocycles. The van der Waals surface area contributed by atoms with Gasteiger partial charge in [-0.2, -0.15) is 0 Å². The Bertz CT molecular complexity index is 416. The molecule has 0 spiro atoms. The van der Waals surface area contributed by atoms with Crippen LogP contribution >= 0.6 is 0 Å². The summed E-state index contributed by atoms with van der Waals surface area (Å²) >= 11 is 0. The predicted molar refractivity (Wildman–Crippen MR) is 84.9 cm³/mol. The van der Waals surface area contributed by atoms with Gasteiger partial charge in [0.15, 0.2) is 0 Å². The lowest BCUT2D eigenvalue weighted by molar-refractivity contribution is 0.335. The van der Waals surface area contributed by atoms with Crippen LogP contribution < -0.4 is 5.32 Å². The average Bonchev–Trinajstić information content (AvgIpc) is 2.64. The monoisotopic (exact) mass is 275 g/mol. The first kappa shape index (κ1) is 15.4. The van der Waals surface area contributed by atoms with Crippen molar-refractivity contribution in [2.45, 2.75) is 65.0 Å². The van der Waals surface area contributed by atoms with Gasteiger partial charge >= 0.3 is 0 Å². The summed E-state index contributed by atoms with van der Waals surface area (Å²) in [6, 6.07) is 8.54. The SMILES string of the molecule is CC(NC1CCCC(C(C)C)CC1)c1cccc(O)c1. The smallest absolute Gasteiger partial charge is 0.115 e. The summed E-state index contributed by atoms with van der Waals surface area (Å²) < 4.78 is 0. The van der Waals surface area contributed by atoms with E-state index in [9.17, 15) is 5.11 Å². The molecule has 1 aromatic rings. The van der Waals surface area contributed by atoms with E-state index in [0.717, 1.165) is 11.8 Å². The summed E-state index contributed by atoms with van der Waals surface area (Å²) in [6.45, 7) is 6.90. The van der Waals surface area contributed by atoms with Gasteiger partial charge in [0.25, 0.3) is 0 Å². The zero-order valence-corrected chi connectivity index (χ0v) is 13.1. The minimum absolute atomic E-state index is 0.308. The van der Waals surface area contributed by atoms with Crippen LogP contribution in [0.2, 0.25) is 0 Å². The Labute approximate surface area is 123 Å². The van der Waals surface area contributed by atoms with Crippen molar-refractivity contribution in [2.75, 3.05) is 0 Å². The molecule has 2 heteroatoms. The molecule has 3 atom stereocenters. The standard InChI is InChI=1S/C18H29NO/c1-13(2)15-6-4-8-17(11-10-15)19-14(3)16-7-5-9-18(20)12-16/h5,7,9,12-15,17,19-20H,4,6,8,10-11H2,1-3H3. The van der Waals surface area contributed by atoms with Crippen LogP contribution in [0.1, 0.15) is 64.5 Å². The van der Waals surface area contributed by atoms with E-state index < -0.39 is 0 Å². The maximum absolute atomic E-state index is 9.58. The molecule has 0 aliphatic heterocycles. The summed E-state index contributed by atoms with van der Waals surface area (Å²) in [5.74, 6) is 2.08. The van der Waals surface area contributed by atoms with E-state index in [2.05, 4.69) is 32.2 Å². The largest absolute Gasteiger partial charge is 0.508 e. The number of phenolic OH excluding ortho intramolecular Hbond substituents is 1. The van der Waals surface area contributed by atoms with E-state index in [4.69, 9.17) is 0 Å². The first-order chi connectivity index (χ1) is 9.56. The highest BCUT2D eigenvalue weighted by Gasteiger charge is 2.22. The third kappa shape index (κ3) is 4.24. The zero-order valence-electron chi connectivity index (χ0n) is 13.1. The second kappa shape index (κ2) is 7.12. The van der Waals surface area contributed by atoms with Crippen LogP contribution in [0.3, 0.4) is 0 Å². The third-order valence-electron chi connectivity index (χ3n) is 4.81. The summed E-state index contributed by atoms with van der Waals surface area (Å²) in [5.41, 5.74) is 1.18. The van der Waals surface area contributed by atoms with E-state index in [0.29, 0.717) is 17.8 Å². The van der Waals surface area contributed by atoms with Crippen LogP contribution in [0, 0.1) is 11.8 Å². The van der Waals surface area contributed by atoms with Crippen molar-refractivity contribution < 1.29 is 5.11 Å². The first-order valence-corrected chi connectivity index (χ1v) is 8.11. The minimum atomic E-state index is 0.308. The van der Waals surface area contributed by atoms with E-state index in [1.54, 1.807) is 6.07 Å². The number of hydrogen-bond acceptors (Lipinski definition) is 2. The number of aromatic hydroxyl groups is 1. The number of hydrogen-bond donors (Lipinski definition) is 2. The molecule has 1 saturated carbocycles. The lowest BCUT2D eigenvalue weighted by atomic mass is 9.89. The average molecular weight is 275 g/mol. The highest BCUT2D eigenvalue weighted by molar-refractivity contribution is 5.29. The van der Waals surface area contributed by atoms with Crippen molar-refractivity contribution in [1.29, 1.82) is 0 Å². The number of nitrogens with one attached hydrogen (secondary N) is 1. The van der Waals surface area contributed by atoms with E-state index >= 15 is 0 Å². The molecule has 0 radical (unpaired) electrons. The lowest BCUT2D eigenvalue weighted by Crippen LogP contribution is -2.31. The molecule has 0 aromatic heterocycles. The number of phenols is 1. The Morgan fingerprint density at radius 2 is 1.90 bits per heavy atom. The zero-order chi connectivity index (χ0) is 14.5. The van der Waals surface area contributed by atoms with E-state index in [1.807, 2.05) is 12.1 Å². The Balaban J connectivity index is 1.90. The maximum atomic E-state index is 9.58. The molecular formula is C18H29NO. The quantitative estimate of drug-likeness (QED) is 0.784. The molecular weight excluding hydrogens is 246 g/mol. The Kier molecular flexibility index (Phi) is 5.47. The fourth-order valence-electron chi connectivity index (χ4n) is 3.41. The second-order valence-corrected chi connectivity index (χ2v) is 6.69. The van der Waals surface area contributed by atoms with Gasteiger partial charge < -0.3 is 10.4 Å². The van der Waals surface area contributed by atoms with Crippen LogP contribution in [0.25, 0.3) is 0 Å². The summed E-state index contributed by atoms with van der Waals surface area (Å²) in [4.78, 5) is 0. The molecule has 1 fully saturated rings. The molecule has 0 heterocycles. The molecule has 0 bridgehead atoms. The second-order valence-electron chi connectivity index (χ2n) is 6.69. The highest BCUT2D eigenvalue weighted by Crippen LogP contribution is 2.30. The first-order valence-electron chi connectivity index (χ1n) is 8.11. The fourth-order valence-corrected chi connectivity index (χ4v) is 3.41. The molecule has 0 saturated heterocycles. The van der Waals surface area contributed by atoms with Crippen molar-refractivity contribution in [3.05, 3.63) is 29.8 Å². The van der Waals surface area contributed by atoms with Gasteiger partial charge in [0.1, 0.15) is 5.75 Å². The molecule has 1 aliphatic carbocycles. The normalized spacial score (nSPS) is 25.4. The van der Waals surface area contributed by atoms with Gasteiger partial charge in [0, 0.05) is 12.1 Å². The molecule has 2 N–H and O–H groups in total. The van der Waals surface area contributed by atoms with Crippen LogP contribution in [0.4, 0.5) is 0 Å². The van der Waals surface area contributed by atoms with Gasteiger partial charge in [-0.3, -0.25) is 0 Å². The molecule has 1 aliphatic rings. The molecule has 20 heavy (non-hydrogen) atoms. The van der Waals surface area contributed by atoms with Crippen molar-refractivity contribution in [3.8, 4) is 5.75 Å². The van der Waals surface area contributed by atoms with Crippen molar-refractivity contribution in [1.82, 2.24) is 5.32 Å². The summed E-state index contributed by atoms with van der Waals surface area (Å²) in [5, 5.41) is 13.3. The van der Waals surface area contributed by atoms with Crippen LogP contribution in [0.15, 0.2) is 24.3 Å². The van der Waals surface area contributed by atoms with E-state index in [1.165, 1.54) is 37.7 Å². The minimum Gasteiger partial charge on any atom is -0.508 e. The molecule has 2 nitrogen and oxygen atoms in total. The van der Waals surface area contributed by atoms with Crippen molar-refractivity contribution in [2.24, 2.45) is 11.8 Å². The van der Waals surface area contributed by atoms with Crippen LogP contribution in [0.5, 0.6) is 5.75 Å². The summed E-state index contributed by atoms with van der Waals surface area (Å²) in [7, 11) is 0. The third-order valence-corrected chi connectivity index (χ3v) is 4.81. The Morgan fingerprint density at radius 3 is 2.60 bits per heavy atom. The van der Waals surface area contributed by atoms with Crippen molar-refractivity contribution in [3.63, 3.8) is 0 Å². The van der Waals surface area contributed by atoms with Gasteiger partial charge in [-0.25, -0.2) is 0 Å². The Hall–Kier alpha value is -1.02. The lowest BCUT2D eigenvalue weighted by Gasteiger charge is -2.23. The van der Waals surface area contributed by atoms with E-state index in [-0.39, 0.29) is 0 Å². The van der Waals surface area contributed by atoms with Crippen LogP contribution in [-0.4, -0.2) is 11.1 Å². The molecule has 3 unspecified atom stereocenters. The van der Waals surface area contributed by atoms with Gasteiger partial charge in [0.05, 0.1) is 0 Å².